The second-order valence-corrected chi connectivity index (χ2v) is 8.14. The highest BCUT2D eigenvalue weighted by molar-refractivity contribution is 5.81. The van der Waals surface area contributed by atoms with Crippen LogP contribution in [0.2, 0.25) is 0 Å². The molecule has 1 aromatic carbocycles. The van der Waals surface area contributed by atoms with Crippen LogP contribution >= 0.6 is 0 Å². The van der Waals surface area contributed by atoms with E-state index >= 15 is 0 Å². The van der Waals surface area contributed by atoms with Crippen molar-refractivity contribution in [2.24, 2.45) is 13.0 Å². The van der Waals surface area contributed by atoms with Crippen LogP contribution in [-0.4, -0.2) is 27.6 Å². The number of halogens is 1. The molecule has 0 atom stereocenters. The Balaban J connectivity index is 1.95. The van der Waals surface area contributed by atoms with Crippen molar-refractivity contribution >= 4 is 11.6 Å². The molecule has 31 heavy (non-hydrogen) atoms. The Labute approximate surface area is 180 Å². The number of aryl methyl sites for hydroxylation is 1. The van der Waals surface area contributed by atoms with Crippen LogP contribution in [0.3, 0.4) is 0 Å². The van der Waals surface area contributed by atoms with Crippen LogP contribution in [0, 0.1) is 25.2 Å². The summed E-state index contributed by atoms with van der Waals surface area (Å²) in [5.41, 5.74) is 2.43. The summed E-state index contributed by atoms with van der Waals surface area (Å²) in [6.07, 6.45) is 3.70. The van der Waals surface area contributed by atoms with Crippen molar-refractivity contribution in [1.82, 2.24) is 14.5 Å². The van der Waals surface area contributed by atoms with E-state index in [0.717, 1.165) is 31.6 Å². The maximum absolute atomic E-state index is 14.5. The van der Waals surface area contributed by atoms with Gasteiger partial charge in [0.2, 0.25) is 11.6 Å². The molecule has 0 spiro atoms. The van der Waals surface area contributed by atoms with Gasteiger partial charge in [-0.25, -0.2) is 14.2 Å². The van der Waals surface area contributed by atoms with Crippen molar-refractivity contribution in [3.63, 3.8) is 0 Å². The lowest BCUT2D eigenvalue weighted by Gasteiger charge is -2.32. The van der Waals surface area contributed by atoms with E-state index < -0.39 is 5.82 Å². The zero-order valence-corrected chi connectivity index (χ0v) is 17.9. The molecule has 0 radical (unpaired) electrons. The molecule has 1 fully saturated rings. The summed E-state index contributed by atoms with van der Waals surface area (Å²) in [4.78, 5) is 28.0. The number of rotatable bonds is 3. The fourth-order valence-electron chi connectivity index (χ4n) is 3.91. The molecule has 3 heterocycles. The first-order chi connectivity index (χ1) is 14.9. The van der Waals surface area contributed by atoms with Gasteiger partial charge in [-0.2, -0.15) is 0 Å². The predicted molar refractivity (Wildman–Crippen MR) is 120 cm³/mol. The van der Waals surface area contributed by atoms with Crippen molar-refractivity contribution in [2.75, 3.05) is 18.0 Å². The van der Waals surface area contributed by atoms with Crippen LogP contribution in [0.25, 0.3) is 27.2 Å². The number of hydrogen-bond donors (Lipinski definition) is 0. The van der Waals surface area contributed by atoms with Crippen LogP contribution in [-0.2, 0) is 7.05 Å². The molecule has 0 saturated carbocycles. The molecule has 4 rings (SSSR count). The predicted octanol–water partition coefficient (Wildman–Crippen LogP) is 4.74. The number of hydrogen-bond acceptors (Lipinski definition) is 4. The average Bonchev–Trinajstić information content (AvgIpc) is 2.77. The van der Waals surface area contributed by atoms with E-state index in [-0.39, 0.29) is 11.2 Å². The van der Waals surface area contributed by atoms with Gasteiger partial charge in [0.15, 0.2) is 0 Å². The number of aromatic nitrogens is 3. The maximum atomic E-state index is 14.5. The summed E-state index contributed by atoms with van der Waals surface area (Å²) in [6.45, 7) is 12.8. The minimum absolute atomic E-state index is 0.0589. The van der Waals surface area contributed by atoms with Gasteiger partial charge in [-0.3, -0.25) is 14.3 Å². The molecular formula is C24H24FN5O. The minimum atomic E-state index is -0.628. The number of nitrogens with zero attached hydrogens (tertiary/aromatic N) is 5. The fourth-order valence-corrected chi connectivity index (χ4v) is 3.91. The van der Waals surface area contributed by atoms with Crippen molar-refractivity contribution < 1.29 is 4.39 Å². The third-order valence-electron chi connectivity index (χ3n) is 5.88. The molecule has 1 saturated heterocycles. The van der Waals surface area contributed by atoms with Gasteiger partial charge >= 0.3 is 0 Å². The SMILES string of the molecule is [C-]#[N+]c1ccc(-c2nc(N3CCC(C)CC3)n(C)c(=O)c2-c2ccc(C)nc2)cc1F. The molecule has 0 N–H and O–H groups in total. The van der Waals surface area contributed by atoms with Gasteiger partial charge in [0.05, 0.1) is 17.8 Å². The first-order valence-corrected chi connectivity index (χ1v) is 10.4. The highest BCUT2D eigenvalue weighted by atomic mass is 19.1. The van der Waals surface area contributed by atoms with Gasteiger partial charge in [0.25, 0.3) is 5.56 Å². The second-order valence-electron chi connectivity index (χ2n) is 8.14. The summed E-state index contributed by atoms with van der Waals surface area (Å²) >= 11 is 0. The minimum Gasteiger partial charge on any atom is -0.342 e. The molecule has 158 valence electrons. The topological polar surface area (TPSA) is 55.4 Å². The highest BCUT2D eigenvalue weighted by Gasteiger charge is 2.24. The van der Waals surface area contributed by atoms with Crippen molar-refractivity contribution in [3.8, 4) is 22.4 Å². The molecule has 3 aromatic rings. The normalized spacial score (nSPS) is 14.5. The van der Waals surface area contributed by atoms with E-state index in [0.29, 0.717) is 34.3 Å². The van der Waals surface area contributed by atoms with E-state index in [2.05, 4.69) is 21.7 Å². The lowest BCUT2D eigenvalue weighted by molar-refractivity contribution is 0.431. The van der Waals surface area contributed by atoms with Gasteiger partial charge in [0, 0.05) is 43.2 Å². The summed E-state index contributed by atoms with van der Waals surface area (Å²) in [5.74, 6) is 0.586. The van der Waals surface area contributed by atoms with Crippen LogP contribution in [0.1, 0.15) is 25.5 Å². The number of pyridine rings is 1. The van der Waals surface area contributed by atoms with Gasteiger partial charge in [-0.05, 0) is 37.8 Å². The second kappa shape index (κ2) is 8.31. The molecule has 6 nitrogen and oxygen atoms in total. The standard InChI is InChI=1S/C24H24FN5O/c1-15-9-11-30(12-10-15)24-28-22(17-7-8-20(26-3)19(25)13-17)21(23(31)29(24)4)18-6-5-16(2)27-14-18/h5-8,13-15H,9-12H2,1-2,4H3. The van der Waals surface area contributed by atoms with Gasteiger partial charge < -0.3 is 4.90 Å². The zero-order valence-electron chi connectivity index (χ0n) is 17.9. The monoisotopic (exact) mass is 417 g/mol. The maximum Gasteiger partial charge on any atom is 0.263 e. The summed E-state index contributed by atoms with van der Waals surface area (Å²) < 4.78 is 16.0. The van der Waals surface area contributed by atoms with Gasteiger partial charge in [-0.1, -0.05) is 25.1 Å². The van der Waals surface area contributed by atoms with Crippen LogP contribution < -0.4 is 10.5 Å². The molecule has 0 amide bonds. The Bertz CT molecular complexity index is 1220. The fraction of sp³-hybridized carbons (Fsp3) is 0.333. The summed E-state index contributed by atoms with van der Waals surface area (Å²) in [6, 6.07) is 8.02. The van der Waals surface area contributed by atoms with Gasteiger partial charge in [0.1, 0.15) is 5.82 Å². The van der Waals surface area contributed by atoms with E-state index in [9.17, 15) is 9.18 Å². The Hall–Kier alpha value is -3.53. The third kappa shape index (κ3) is 3.93. The van der Waals surface area contributed by atoms with Crippen molar-refractivity contribution in [3.05, 3.63) is 69.8 Å². The summed E-state index contributed by atoms with van der Waals surface area (Å²) in [7, 11) is 1.72. The van der Waals surface area contributed by atoms with E-state index in [1.54, 1.807) is 23.9 Å². The summed E-state index contributed by atoms with van der Waals surface area (Å²) in [5, 5.41) is 0. The van der Waals surface area contributed by atoms with Crippen molar-refractivity contribution in [2.45, 2.75) is 26.7 Å². The number of anilines is 1. The van der Waals surface area contributed by atoms with E-state index in [4.69, 9.17) is 11.6 Å². The molecule has 1 aliphatic rings. The lowest BCUT2D eigenvalue weighted by atomic mass is 9.99. The van der Waals surface area contributed by atoms with Crippen molar-refractivity contribution in [1.29, 1.82) is 0 Å². The molecule has 7 heteroatoms. The van der Waals surface area contributed by atoms with Crippen LogP contribution in [0.15, 0.2) is 41.3 Å². The van der Waals surface area contributed by atoms with E-state index in [1.165, 1.54) is 12.1 Å². The Morgan fingerprint density at radius 3 is 2.48 bits per heavy atom. The molecule has 0 unspecified atom stereocenters. The number of benzene rings is 1. The average molecular weight is 417 g/mol. The Morgan fingerprint density at radius 2 is 1.87 bits per heavy atom. The molecule has 0 aliphatic carbocycles. The first-order valence-electron chi connectivity index (χ1n) is 10.4. The highest BCUT2D eigenvalue weighted by Crippen LogP contribution is 2.32. The Morgan fingerprint density at radius 1 is 1.16 bits per heavy atom. The van der Waals surface area contributed by atoms with Crippen LogP contribution in [0.5, 0.6) is 0 Å². The third-order valence-corrected chi connectivity index (χ3v) is 5.88. The number of piperidine rings is 1. The molecular weight excluding hydrogens is 393 g/mol. The van der Waals surface area contributed by atoms with Crippen LogP contribution in [0.4, 0.5) is 16.0 Å². The largest absolute Gasteiger partial charge is 0.342 e. The quantitative estimate of drug-likeness (QED) is 0.578. The molecule has 1 aliphatic heterocycles. The Kier molecular flexibility index (Phi) is 5.55. The lowest BCUT2D eigenvalue weighted by Crippen LogP contribution is -2.38. The zero-order chi connectivity index (χ0) is 22.1. The van der Waals surface area contributed by atoms with E-state index in [1.807, 2.05) is 19.1 Å². The molecule has 0 bridgehead atoms. The smallest absolute Gasteiger partial charge is 0.263 e. The van der Waals surface area contributed by atoms with Gasteiger partial charge in [-0.15, -0.1) is 0 Å². The molecule has 2 aromatic heterocycles. The first kappa shape index (κ1) is 20.7.